The number of aliphatic hydroxyl groups is 1. The largest absolute Gasteiger partial charge is 0.390 e. The number of benzene rings is 2. The molecule has 0 aliphatic rings. The average molecular weight is 284 g/mol. The number of nitrogens with one attached hydrogen (secondary N) is 1. The van der Waals surface area contributed by atoms with Crippen molar-refractivity contribution in [2.24, 2.45) is 5.73 Å². The molecule has 0 fully saturated rings. The summed E-state index contributed by atoms with van der Waals surface area (Å²) in [7, 11) is 0. The van der Waals surface area contributed by atoms with E-state index in [1.54, 1.807) is 0 Å². The van der Waals surface area contributed by atoms with Crippen LogP contribution in [-0.4, -0.2) is 30.3 Å². The van der Waals surface area contributed by atoms with Gasteiger partial charge in [-0.05, 0) is 30.5 Å². The summed E-state index contributed by atoms with van der Waals surface area (Å²) >= 11 is 0. The normalized spacial score (nSPS) is 13.8. The number of rotatable bonds is 8. The highest BCUT2D eigenvalue weighted by Gasteiger charge is 2.14. The number of nitrogens with two attached hydrogens (primary N) is 1. The van der Waals surface area contributed by atoms with Gasteiger partial charge in [-0.25, -0.2) is 0 Å². The Bertz CT molecular complexity index is 501. The van der Waals surface area contributed by atoms with Crippen LogP contribution in [-0.2, 0) is 12.8 Å². The summed E-state index contributed by atoms with van der Waals surface area (Å²) in [6.45, 7) is 1.37. The van der Waals surface area contributed by atoms with E-state index in [0.717, 1.165) is 18.5 Å². The lowest BCUT2D eigenvalue weighted by molar-refractivity contribution is 0.142. The summed E-state index contributed by atoms with van der Waals surface area (Å²) in [5.41, 5.74) is 8.51. The fourth-order valence-electron chi connectivity index (χ4n) is 2.30. The van der Waals surface area contributed by atoms with Crippen molar-refractivity contribution in [3.05, 3.63) is 71.8 Å². The molecule has 0 aliphatic heterocycles. The summed E-state index contributed by atoms with van der Waals surface area (Å²) in [6.07, 6.45) is 1.13. The molecule has 0 saturated carbocycles. The fraction of sp³-hybridized carbons (Fsp3) is 0.333. The van der Waals surface area contributed by atoms with Crippen LogP contribution in [0.5, 0.6) is 0 Å². The fourth-order valence-corrected chi connectivity index (χ4v) is 2.30. The predicted octanol–water partition coefficient (Wildman–Crippen LogP) is 1.75. The topological polar surface area (TPSA) is 58.3 Å². The van der Waals surface area contributed by atoms with Crippen LogP contribution in [0.1, 0.15) is 11.1 Å². The molecule has 2 aromatic carbocycles. The number of aliphatic hydroxyl groups excluding tert-OH is 1. The third-order valence-corrected chi connectivity index (χ3v) is 3.60. The van der Waals surface area contributed by atoms with Crippen molar-refractivity contribution in [2.75, 3.05) is 13.1 Å². The molecule has 2 aromatic rings. The Kier molecular flexibility index (Phi) is 6.41. The van der Waals surface area contributed by atoms with E-state index in [2.05, 4.69) is 17.4 Å². The molecule has 0 spiro atoms. The van der Waals surface area contributed by atoms with Crippen molar-refractivity contribution in [1.29, 1.82) is 0 Å². The van der Waals surface area contributed by atoms with Crippen molar-refractivity contribution in [3.8, 4) is 0 Å². The molecular weight excluding hydrogens is 260 g/mol. The minimum Gasteiger partial charge on any atom is -0.390 e. The molecule has 3 heteroatoms. The maximum Gasteiger partial charge on any atom is 0.0818 e. The van der Waals surface area contributed by atoms with Gasteiger partial charge in [0.15, 0.2) is 0 Å². The van der Waals surface area contributed by atoms with E-state index in [1.165, 1.54) is 5.56 Å². The second-order valence-electron chi connectivity index (χ2n) is 5.36. The Morgan fingerprint density at radius 1 is 0.905 bits per heavy atom. The third kappa shape index (κ3) is 5.68. The molecule has 21 heavy (non-hydrogen) atoms. The Balaban J connectivity index is 1.66. The first-order valence-corrected chi connectivity index (χ1v) is 7.48. The van der Waals surface area contributed by atoms with Crippen LogP contribution < -0.4 is 11.1 Å². The molecule has 0 radical (unpaired) electrons. The monoisotopic (exact) mass is 284 g/mol. The first kappa shape index (κ1) is 15.7. The molecule has 112 valence electrons. The molecule has 0 unspecified atom stereocenters. The Labute approximate surface area is 126 Å². The van der Waals surface area contributed by atoms with Crippen molar-refractivity contribution in [3.63, 3.8) is 0 Å². The molecule has 0 amide bonds. The molecule has 0 aliphatic carbocycles. The molecule has 0 heterocycles. The van der Waals surface area contributed by atoms with Gasteiger partial charge >= 0.3 is 0 Å². The zero-order chi connectivity index (χ0) is 14.9. The van der Waals surface area contributed by atoms with Crippen LogP contribution in [0, 0.1) is 0 Å². The zero-order valence-corrected chi connectivity index (χ0v) is 12.3. The predicted molar refractivity (Wildman–Crippen MR) is 87.1 cm³/mol. The van der Waals surface area contributed by atoms with Crippen LogP contribution in [0.2, 0.25) is 0 Å². The number of hydrogen-bond acceptors (Lipinski definition) is 3. The van der Waals surface area contributed by atoms with Crippen molar-refractivity contribution >= 4 is 0 Å². The molecular formula is C18H24N2O. The van der Waals surface area contributed by atoms with Crippen LogP contribution in [0.15, 0.2) is 60.7 Å². The Morgan fingerprint density at radius 2 is 1.48 bits per heavy atom. The molecule has 3 nitrogen and oxygen atoms in total. The van der Waals surface area contributed by atoms with E-state index >= 15 is 0 Å². The first-order chi connectivity index (χ1) is 10.3. The van der Waals surface area contributed by atoms with Gasteiger partial charge in [0.2, 0.25) is 0 Å². The van der Waals surface area contributed by atoms with Gasteiger partial charge < -0.3 is 16.2 Å². The van der Waals surface area contributed by atoms with Gasteiger partial charge in [-0.2, -0.15) is 0 Å². The van der Waals surface area contributed by atoms with Crippen LogP contribution in [0.3, 0.4) is 0 Å². The standard InChI is InChI=1S/C18H24N2O/c19-17(13-16-9-5-2-6-10-16)18(21)14-20-12-11-15-7-3-1-4-8-15/h1-10,17-18,20-21H,11-14,19H2/t17-,18+/m0/s1. The SMILES string of the molecule is N[C@@H](Cc1ccccc1)[C@H](O)CNCCc1ccccc1. The highest BCUT2D eigenvalue weighted by atomic mass is 16.3. The Morgan fingerprint density at radius 3 is 2.10 bits per heavy atom. The third-order valence-electron chi connectivity index (χ3n) is 3.60. The van der Waals surface area contributed by atoms with Gasteiger partial charge in [-0.15, -0.1) is 0 Å². The van der Waals surface area contributed by atoms with E-state index in [4.69, 9.17) is 5.73 Å². The quantitative estimate of drug-likeness (QED) is 0.647. The van der Waals surface area contributed by atoms with Gasteiger partial charge in [0.05, 0.1) is 6.10 Å². The summed E-state index contributed by atoms with van der Waals surface area (Å²) in [6, 6.07) is 20.1. The molecule has 0 bridgehead atoms. The maximum atomic E-state index is 10.1. The van der Waals surface area contributed by atoms with E-state index in [1.807, 2.05) is 48.5 Å². The van der Waals surface area contributed by atoms with Gasteiger partial charge in [0.25, 0.3) is 0 Å². The molecule has 2 rings (SSSR count). The summed E-state index contributed by atoms with van der Waals surface area (Å²) in [5.74, 6) is 0. The highest BCUT2D eigenvalue weighted by molar-refractivity contribution is 5.16. The smallest absolute Gasteiger partial charge is 0.0818 e. The van der Waals surface area contributed by atoms with Crippen LogP contribution in [0.4, 0.5) is 0 Å². The lowest BCUT2D eigenvalue weighted by Gasteiger charge is -2.19. The van der Waals surface area contributed by atoms with Crippen LogP contribution in [0.25, 0.3) is 0 Å². The highest BCUT2D eigenvalue weighted by Crippen LogP contribution is 2.04. The second-order valence-corrected chi connectivity index (χ2v) is 5.36. The van der Waals surface area contributed by atoms with Crippen molar-refractivity contribution < 1.29 is 5.11 Å². The molecule has 0 aromatic heterocycles. The summed E-state index contributed by atoms with van der Waals surface area (Å²) in [5, 5.41) is 13.4. The maximum absolute atomic E-state index is 10.1. The van der Waals surface area contributed by atoms with E-state index in [9.17, 15) is 5.11 Å². The van der Waals surface area contributed by atoms with E-state index in [-0.39, 0.29) is 6.04 Å². The van der Waals surface area contributed by atoms with Crippen molar-refractivity contribution in [2.45, 2.75) is 25.0 Å². The van der Waals surface area contributed by atoms with E-state index in [0.29, 0.717) is 13.0 Å². The van der Waals surface area contributed by atoms with Gasteiger partial charge in [0, 0.05) is 12.6 Å². The first-order valence-electron chi connectivity index (χ1n) is 7.48. The minimum atomic E-state index is -0.527. The summed E-state index contributed by atoms with van der Waals surface area (Å²) in [4.78, 5) is 0. The van der Waals surface area contributed by atoms with E-state index < -0.39 is 6.10 Å². The second kappa shape index (κ2) is 8.57. The zero-order valence-electron chi connectivity index (χ0n) is 12.3. The van der Waals surface area contributed by atoms with Gasteiger partial charge in [-0.3, -0.25) is 0 Å². The minimum absolute atomic E-state index is 0.239. The Hall–Kier alpha value is -1.68. The molecule has 2 atom stereocenters. The van der Waals surface area contributed by atoms with Crippen molar-refractivity contribution in [1.82, 2.24) is 5.32 Å². The average Bonchev–Trinajstić information content (AvgIpc) is 2.53. The van der Waals surface area contributed by atoms with Crippen LogP contribution >= 0.6 is 0 Å². The molecule has 4 N–H and O–H groups in total. The molecule has 0 saturated heterocycles. The number of hydrogen-bond donors (Lipinski definition) is 3. The lowest BCUT2D eigenvalue weighted by atomic mass is 10.0. The lowest BCUT2D eigenvalue weighted by Crippen LogP contribution is -2.43. The van der Waals surface area contributed by atoms with Gasteiger partial charge in [-0.1, -0.05) is 60.7 Å². The summed E-state index contributed by atoms with van der Waals surface area (Å²) < 4.78 is 0. The van der Waals surface area contributed by atoms with Gasteiger partial charge in [0.1, 0.15) is 0 Å².